The first kappa shape index (κ1) is 18.4. The van der Waals surface area contributed by atoms with Crippen molar-refractivity contribution in [3.05, 3.63) is 65.7 Å². The number of ether oxygens (including phenoxy) is 1. The second-order valence-corrected chi connectivity index (χ2v) is 7.10. The molecule has 26 heavy (non-hydrogen) atoms. The van der Waals surface area contributed by atoms with Crippen LogP contribution in [0.2, 0.25) is 0 Å². The van der Waals surface area contributed by atoms with Gasteiger partial charge in [-0.05, 0) is 32.1 Å². The van der Waals surface area contributed by atoms with Gasteiger partial charge in [0.05, 0.1) is 12.1 Å². The van der Waals surface area contributed by atoms with E-state index < -0.39 is 6.04 Å². The molecular formula is C21H27N3O2. The highest BCUT2D eigenvalue weighted by atomic mass is 16.5. The SMILES string of the molecule is CN(C)C[C@H]1COc2ccccc2CN1C(=O)[C@H](N)Cc1ccccc1. The molecule has 5 nitrogen and oxygen atoms in total. The second kappa shape index (κ2) is 8.34. The van der Waals surface area contributed by atoms with Gasteiger partial charge in [0.15, 0.2) is 0 Å². The Bertz CT molecular complexity index is 733. The number of hydrogen-bond donors (Lipinski definition) is 1. The quantitative estimate of drug-likeness (QED) is 0.892. The molecule has 2 aromatic carbocycles. The van der Waals surface area contributed by atoms with Gasteiger partial charge in [-0.1, -0.05) is 48.5 Å². The standard InChI is InChI=1S/C21H27N3O2/c1-23(2)14-18-15-26-20-11-7-6-10-17(20)13-24(18)21(25)19(22)12-16-8-4-3-5-9-16/h3-11,18-19H,12-15,22H2,1-2H3/t18-,19+/m0/s1. The predicted octanol–water partition coefficient (Wildman–Crippen LogP) is 1.91. The van der Waals surface area contributed by atoms with Crippen molar-refractivity contribution in [3.8, 4) is 5.75 Å². The van der Waals surface area contributed by atoms with Crippen molar-refractivity contribution in [2.45, 2.75) is 25.0 Å². The van der Waals surface area contributed by atoms with Crippen molar-refractivity contribution in [1.82, 2.24) is 9.80 Å². The highest BCUT2D eigenvalue weighted by Crippen LogP contribution is 2.25. The number of benzene rings is 2. The number of hydrogen-bond acceptors (Lipinski definition) is 4. The maximum atomic E-state index is 13.2. The van der Waals surface area contributed by atoms with Crippen LogP contribution in [0.3, 0.4) is 0 Å². The fourth-order valence-corrected chi connectivity index (χ4v) is 3.36. The van der Waals surface area contributed by atoms with Crippen LogP contribution in [0.5, 0.6) is 5.75 Å². The number of likely N-dealkylation sites (N-methyl/N-ethyl adjacent to an activating group) is 1. The van der Waals surface area contributed by atoms with Crippen LogP contribution in [-0.4, -0.2) is 55.0 Å². The van der Waals surface area contributed by atoms with Gasteiger partial charge in [-0.25, -0.2) is 0 Å². The van der Waals surface area contributed by atoms with Crippen molar-refractivity contribution < 1.29 is 9.53 Å². The van der Waals surface area contributed by atoms with Crippen molar-refractivity contribution in [1.29, 1.82) is 0 Å². The number of amides is 1. The van der Waals surface area contributed by atoms with E-state index in [0.29, 0.717) is 19.6 Å². The third-order valence-electron chi connectivity index (χ3n) is 4.66. The number of para-hydroxylation sites is 1. The molecule has 2 N–H and O–H groups in total. The molecule has 138 valence electrons. The lowest BCUT2D eigenvalue weighted by atomic mass is 10.0. The molecule has 1 heterocycles. The summed E-state index contributed by atoms with van der Waals surface area (Å²) in [6, 6.07) is 17.2. The Morgan fingerprint density at radius 2 is 1.88 bits per heavy atom. The van der Waals surface area contributed by atoms with Crippen LogP contribution in [0.25, 0.3) is 0 Å². The lowest BCUT2D eigenvalue weighted by molar-refractivity contribution is -0.136. The molecule has 2 atom stereocenters. The van der Waals surface area contributed by atoms with Crippen LogP contribution < -0.4 is 10.5 Å². The van der Waals surface area contributed by atoms with Crippen molar-refractivity contribution in [2.24, 2.45) is 5.73 Å². The van der Waals surface area contributed by atoms with Gasteiger partial charge in [0.1, 0.15) is 12.4 Å². The van der Waals surface area contributed by atoms with E-state index in [1.807, 2.05) is 73.6 Å². The van der Waals surface area contributed by atoms with Crippen LogP contribution in [0.1, 0.15) is 11.1 Å². The largest absolute Gasteiger partial charge is 0.491 e. The first-order valence-corrected chi connectivity index (χ1v) is 9.00. The molecule has 0 saturated carbocycles. The molecule has 1 amide bonds. The summed E-state index contributed by atoms with van der Waals surface area (Å²) in [5, 5.41) is 0. The van der Waals surface area contributed by atoms with Gasteiger partial charge in [0.2, 0.25) is 5.91 Å². The van der Waals surface area contributed by atoms with E-state index in [1.54, 1.807) is 0 Å². The minimum atomic E-state index is -0.563. The topological polar surface area (TPSA) is 58.8 Å². The van der Waals surface area contributed by atoms with Crippen LogP contribution in [0.15, 0.2) is 54.6 Å². The zero-order chi connectivity index (χ0) is 18.5. The maximum absolute atomic E-state index is 13.2. The molecule has 0 unspecified atom stereocenters. The molecule has 3 rings (SSSR count). The summed E-state index contributed by atoms with van der Waals surface area (Å²) in [6.45, 7) is 1.73. The predicted molar refractivity (Wildman–Crippen MR) is 103 cm³/mol. The molecule has 1 aliphatic heterocycles. The average molecular weight is 353 g/mol. The number of rotatable bonds is 5. The first-order chi connectivity index (χ1) is 12.5. The Morgan fingerprint density at radius 1 is 1.19 bits per heavy atom. The van der Waals surface area contributed by atoms with Crippen molar-refractivity contribution in [3.63, 3.8) is 0 Å². The normalized spacial score (nSPS) is 18.0. The third-order valence-corrected chi connectivity index (χ3v) is 4.66. The van der Waals surface area contributed by atoms with Gasteiger partial charge in [-0.3, -0.25) is 4.79 Å². The summed E-state index contributed by atoms with van der Waals surface area (Å²) in [7, 11) is 4.01. The molecule has 5 heteroatoms. The van der Waals surface area contributed by atoms with Crippen LogP contribution in [-0.2, 0) is 17.8 Å². The van der Waals surface area contributed by atoms with E-state index in [4.69, 9.17) is 10.5 Å². The van der Waals surface area contributed by atoms with Crippen LogP contribution in [0.4, 0.5) is 0 Å². The van der Waals surface area contributed by atoms with Crippen molar-refractivity contribution >= 4 is 5.91 Å². The Kier molecular flexibility index (Phi) is 5.91. The molecule has 0 fully saturated rings. The van der Waals surface area contributed by atoms with E-state index >= 15 is 0 Å². The summed E-state index contributed by atoms with van der Waals surface area (Å²) >= 11 is 0. The van der Waals surface area contributed by atoms with Crippen LogP contribution >= 0.6 is 0 Å². The lowest BCUT2D eigenvalue weighted by Gasteiger charge is -2.33. The Morgan fingerprint density at radius 3 is 2.62 bits per heavy atom. The molecule has 0 aromatic heterocycles. The molecule has 0 spiro atoms. The Labute approximate surface area is 155 Å². The fourth-order valence-electron chi connectivity index (χ4n) is 3.36. The number of carbonyl (C=O) groups is 1. The zero-order valence-corrected chi connectivity index (χ0v) is 15.5. The van der Waals surface area contributed by atoms with Gasteiger partial charge in [0, 0.05) is 18.7 Å². The summed E-state index contributed by atoms with van der Waals surface area (Å²) in [5.41, 5.74) is 8.39. The number of fused-ring (bicyclic) bond motifs is 1. The third kappa shape index (κ3) is 4.42. The zero-order valence-electron chi connectivity index (χ0n) is 15.5. The minimum Gasteiger partial charge on any atom is -0.491 e. The molecule has 2 aromatic rings. The maximum Gasteiger partial charge on any atom is 0.240 e. The molecule has 0 radical (unpaired) electrons. The summed E-state index contributed by atoms with van der Waals surface area (Å²) in [6.07, 6.45) is 0.535. The highest BCUT2D eigenvalue weighted by molar-refractivity contribution is 5.82. The van der Waals surface area contributed by atoms with Gasteiger partial charge in [-0.2, -0.15) is 0 Å². The Balaban J connectivity index is 1.81. The summed E-state index contributed by atoms with van der Waals surface area (Å²) in [4.78, 5) is 17.1. The van der Waals surface area contributed by atoms with Crippen LogP contribution in [0, 0.1) is 0 Å². The average Bonchev–Trinajstić information content (AvgIpc) is 2.81. The van der Waals surface area contributed by atoms with Crippen molar-refractivity contribution in [2.75, 3.05) is 27.2 Å². The van der Waals surface area contributed by atoms with E-state index in [-0.39, 0.29) is 11.9 Å². The lowest BCUT2D eigenvalue weighted by Crippen LogP contribution is -2.53. The monoisotopic (exact) mass is 353 g/mol. The van der Waals surface area contributed by atoms with Gasteiger partial charge in [0.25, 0.3) is 0 Å². The van der Waals surface area contributed by atoms with E-state index in [2.05, 4.69) is 4.90 Å². The molecule has 0 bridgehead atoms. The molecule has 0 saturated heterocycles. The van der Waals surface area contributed by atoms with E-state index in [0.717, 1.165) is 23.4 Å². The van der Waals surface area contributed by atoms with Gasteiger partial charge >= 0.3 is 0 Å². The molecule has 1 aliphatic rings. The van der Waals surface area contributed by atoms with E-state index in [9.17, 15) is 4.79 Å². The first-order valence-electron chi connectivity index (χ1n) is 9.00. The smallest absolute Gasteiger partial charge is 0.240 e. The van der Waals surface area contributed by atoms with Gasteiger partial charge in [-0.15, -0.1) is 0 Å². The second-order valence-electron chi connectivity index (χ2n) is 7.10. The molecule has 0 aliphatic carbocycles. The van der Waals surface area contributed by atoms with Gasteiger partial charge < -0.3 is 20.3 Å². The minimum absolute atomic E-state index is 0.0268. The molecular weight excluding hydrogens is 326 g/mol. The Hall–Kier alpha value is -2.37. The fraction of sp³-hybridized carbons (Fsp3) is 0.381. The number of nitrogens with two attached hydrogens (primary N) is 1. The number of nitrogens with zero attached hydrogens (tertiary/aromatic N) is 2. The number of carbonyl (C=O) groups excluding carboxylic acids is 1. The summed E-state index contributed by atoms with van der Waals surface area (Å²) in [5.74, 6) is 0.823. The summed E-state index contributed by atoms with van der Waals surface area (Å²) < 4.78 is 5.98. The van der Waals surface area contributed by atoms with E-state index in [1.165, 1.54) is 0 Å². The highest BCUT2D eigenvalue weighted by Gasteiger charge is 2.31.